The minimum atomic E-state index is -0.271. The summed E-state index contributed by atoms with van der Waals surface area (Å²) in [4.78, 5) is 18.6. The van der Waals surface area contributed by atoms with E-state index in [2.05, 4.69) is 34.6 Å². The highest BCUT2D eigenvalue weighted by molar-refractivity contribution is 5.98. The van der Waals surface area contributed by atoms with Crippen molar-refractivity contribution in [2.75, 3.05) is 6.54 Å². The van der Waals surface area contributed by atoms with Crippen molar-refractivity contribution < 1.29 is 14.6 Å². The summed E-state index contributed by atoms with van der Waals surface area (Å²) >= 11 is 0. The number of aliphatic imine (C=N–C) groups is 1. The maximum atomic E-state index is 13.4. The second-order valence-electron chi connectivity index (χ2n) is 13.7. The van der Waals surface area contributed by atoms with Crippen LogP contribution in [0.3, 0.4) is 0 Å². The van der Waals surface area contributed by atoms with Gasteiger partial charge in [-0.05, 0) is 98.7 Å². The molecule has 33 heavy (non-hydrogen) atoms. The van der Waals surface area contributed by atoms with E-state index in [0.717, 1.165) is 32.2 Å². The summed E-state index contributed by atoms with van der Waals surface area (Å²) in [6.45, 7) is 12.9. The molecule has 5 fully saturated rings. The molecular weight excluding hydrogens is 410 g/mol. The van der Waals surface area contributed by atoms with Gasteiger partial charge in [0.2, 0.25) is 0 Å². The number of hydrogen-bond acceptors (Lipinski definition) is 4. The first-order valence-corrected chi connectivity index (χ1v) is 14.0. The molecule has 184 valence electrons. The molecule has 4 heteroatoms. The quantitative estimate of drug-likeness (QED) is 0.563. The van der Waals surface area contributed by atoms with Gasteiger partial charge in [-0.25, -0.2) is 0 Å². The van der Waals surface area contributed by atoms with E-state index in [9.17, 15) is 9.90 Å². The number of aliphatic hydroxyl groups excluding tert-OH is 1. The molecular formula is C29H45NO3. The van der Waals surface area contributed by atoms with Crippen LogP contribution in [0.15, 0.2) is 4.99 Å². The van der Waals surface area contributed by atoms with Crippen LogP contribution in [0.25, 0.3) is 0 Å². The zero-order chi connectivity index (χ0) is 23.3. The zero-order valence-electron chi connectivity index (χ0n) is 21.5. The number of carbonyl (C=O) groups excluding carboxylic acids is 1. The van der Waals surface area contributed by atoms with E-state index in [1.165, 1.54) is 31.4 Å². The van der Waals surface area contributed by atoms with E-state index < -0.39 is 0 Å². The SMILES string of the molecule is C[C@@H]1CN=C([C@@H](C)[C@H]2CC[C@H]3[C@@H]4CC(=O)[C@H]5C[C@@H](O)CC[C@]5(C)[C@@H]4CC[C@]23C)[C@@]2(C1)O[C@@H]2C. The highest BCUT2D eigenvalue weighted by Gasteiger charge is 2.65. The fourth-order valence-corrected chi connectivity index (χ4v) is 10.4. The summed E-state index contributed by atoms with van der Waals surface area (Å²) < 4.78 is 6.26. The number of Topliss-reactive ketones (excluding diaryl/α,β-unsaturated/α-hetero) is 1. The van der Waals surface area contributed by atoms with Crippen molar-refractivity contribution in [1.29, 1.82) is 0 Å². The minimum absolute atomic E-state index is 0.0762. The van der Waals surface area contributed by atoms with E-state index in [0.29, 0.717) is 59.2 Å². The van der Waals surface area contributed by atoms with Crippen LogP contribution in [-0.4, -0.2) is 41.0 Å². The Morgan fingerprint density at radius 1 is 1.06 bits per heavy atom. The fraction of sp³-hybridized carbons (Fsp3) is 0.931. The first-order chi connectivity index (χ1) is 15.6. The van der Waals surface area contributed by atoms with Gasteiger partial charge in [0.05, 0.1) is 17.9 Å². The van der Waals surface area contributed by atoms with E-state index >= 15 is 0 Å². The Labute approximate surface area is 200 Å². The Bertz CT molecular complexity index is 869. The predicted molar refractivity (Wildman–Crippen MR) is 130 cm³/mol. The average Bonchev–Trinajstić information content (AvgIpc) is 3.22. The van der Waals surface area contributed by atoms with Crippen molar-refractivity contribution >= 4 is 11.5 Å². The van der Waals surface area contributed by atoms with Crippen LogP contribution < -0.4 is 0 Å². The lowest BCUT2D eigenvalue weighted by molar-refractivity contribution is -0.159. The highest BCUT2D eigenvalue weighted by Crippen LogP contribution is 2.68. The lowest BCUT2D eigenvalue weighted by atomic mass is 9.44. The molecule has 4 nitrogen and oxygen atoms in total. The van der Waals surface area contributed by atoms with Gasteiger partial charge in [-0.2, -0.15) is 0 Å². The van der Waals surface area contributed by atoms with Crippen molar-refractivity contribution in [2.45, 2.75) is 110 Å². The highest BCUT2D eigenvalue weighted by atomic mass is 16.6. The van der Waals surface area contributed by atoms with Crippen LogP contribution in [0.2, 0.25) is 0 Å². The van der Waals surface area contributed by atoms with Crippen molar-refractivity contribution in [3.63, 3.8) is 0 Å². The molecule has 12 atom stereocenters. The summed E-state index contributed by atoms with van der Waals surface area (Å²) in [5.74, 6) is 4.16. The molecule has 2 heterocycles. The smallest absolute Gasteiger partial charge is 0.136 e. The molecule has 6 rings (SSSR count). The number of rotatable bonds is 2. The second-order valence-corrected chi connectivity index (χ2v) is 13.7. The van der Waals surface area contributed by atoms with Gasteiger partial charge >= 0.3 is 0 Å². The molecule has 2 aliphatic heterocycles. The van der Waals surface area contributed by atoms with E-state index in [4.69, 9.17) is 9.73 Å². The summed E-state index contributed by atoms with van der Waals surface area (Å²) in [5.41, 5.74) is 1.71. The third-order valence-electron chi connectivity index (χ3n) is 12.2. The fourth-order valence-electron chi connectivity index (χ4n) is 10.4. The lowest BCUT2D eigenvalue weighted by Gasteiger charge is -2.60. The van der Waals surface area contributed by atoms with Crippen LogP contribution in [0.1, 0.15) is 92.4 Å². The van der Waals surface area contributed by atoms with Crippen molar-refractivity contribution in [3.05, 3.63) is 0 Å². The summed E-state index contributed by atoms with van der Waals surface area (Å²) in [5, 5.41) is 10.3. The number of epoxide rings is 1. The largest absolute Gasteiger partial charge is 0.393 e. The minimum Gasteiger partial charge on any atom is -0.393 e. The Morgan fingerprint density at radius 2 is 1.76 bits per heavy atom. The predicted octanol–water partition coefficient (Wildman–Crippen LogP) is 5.46. The third-order valence-corrected chi connectivity index (χ3v) is 12.2. The lowest BCUT2D eigenvalue weighted by Crippen LogP contribution is -2.57. The van der Waals surface area contributed by atoms with Gasteiger partial charge in [-0.3, -0.25) is 9.79 Å². The molecule has 0 radical (unpaired) electrons. The standard InChI is InChI=1S/C29H45NO3/c1-16-14-29(18(3)33-29)26(30-15-16)17(2)21-6-7-22-20-13-25(32)24-12-19(31)8-10-28(24,5)23(20)9-11-27(21,22)4/h16-24,31H,6-15H2,1-5H3/t16-,17-,18+,19-,20-,21+,22-,23+,24+,27+,28+,29-/m0/s1. The van der Waals surface area contributed by atoms with Gasteiger partial charge in [0.25, 0.3) is 0 Å². The van der Waals surface area contributed by atoms with Crippen LogP contribution in [-0.2, 0) is 9.53 Å². The Hall–Kier alpha value is -0.740. The molecule has 1 spiro atoms. The molecule has 0 bridgehead atoms. The average molecular weight is 456 g/mol. The summed E-state index contributed by atoms with van der Waals surface area (Å²) in [6.07, 6.45) is 9.66. The van der Waals surface area contributed by atoms with Crippen molar-refractivity contribution in [3.8, 4) is 0 Å². The van der Waals surface area contributed by atoms with Crippen molar-refractivity contribution in [2.24, 2.45) is 57.2 Å². The van der Waals surface area contributed by atoms with Crippen LogP contribution >= 0.6 is 0 Å². The molecule has 1 N–H and O–H groups in total. The Morgan fingerprint density at radius 3 is 2.48 bits per heavy atom. The Balaban J connectivity index is 1.27. The molecule has 0 unspecified atom stereocenters. The topological polar surface area (TPSA) is 62.2 Å². The van der Waals surface area contributed by atoms with Crippen LogP contribution in [0.5, 0.6) is 0 Å². The number of fused-ring (bicyclic) bond motifs is 5. The third kappa shape index (κ3) is 3.08. The number of hydrogen-bond donors (Lipinski definition) is 1. The number of ketones is 1. The number of ether oxygens (including phenoxy) is 1. The molecule has 4 saturated carbocycles. The number of carbonyl (C=O) groups is 1. The first-order valence-electron chi connectivity index (χ1n) is 14.0. The first kappa shape index (κ1) is 22.7. The van der Waals surface area contributed by atoms with Gasteiger partial charge in [-0.1, -0.05) is 27.7 Å². The maximum Gasteiger partial charge on any atom is 0.136 e. The summed E-state index contributed by atoms with van der Waals surface area (Å²) in [7, 11) is 0. The molecule has 6 aliphatic rings. The van der Waals surface area contributed by atoms with Crippen molar-refractivity contribution in [1.82, 2.24) is 0 Å². The molecule has 0 amide bonds. The summed E-state index contributed by atoms with van der Waals surface area (Å²) in [6, 6.07) is 0. The monoisotopic (exact) mass is 455 g/mol. The number of aliphatic hydroxyl groups is 1. The Kier molecular flexibility index (Phi) is 5.08. The second kappa shape index (κ2) is 7.38. The van der Waals surface area contributed by atoms with Crippen LogP contribution in [0.4, 0.5) is 0 Å². The molecule has 0 aromatic heterocycles. The van der Waals surface area contributed by atoms with E-state index in [1.54, 1.807) is 0 Å². The normalized spacial score (nSPS) is 56.5. The van der Waals surface area contributed by atoms with Gasteiger partial charge in [-0.15, -0.1) is 0 Å². The zero-order valence-corrected chi connectivity index (χ0v) is 21.5. The molecule has 4 aliphatic carbocycles. The van der Waals surface area contributed by atoms with Gasteiger partial charge in [0.1, 0.15) is 11.4 Å². The van der Waals surface area contributed by atoms with E-state index in [-0.39, 0.29) is 23.0 Å². The molecule has 0 aromatic rings. The van der Waals surface area contributed by atoms with Gasteiger partial charge in [0, 0.05) is 24.8 Å². The van der Waals surface area contributed by atoms with Gasteiger partial charge < -0.3 is 9.84 Å². The molecule has 1 saturated heterocycles. The number of nitrogens with zero attached hydrogens (tertiary/aromatic N) is 1. The molecule has 0 aromatic carbocycles. The maximum absolute atomic E-state index is 13.4. The van der Waals surface area contributed by atoms with E-state index in [1.807, 2.05) is 0 Å². The van der Waals surface area contributed by atoms with Gasteiger partial charge in [0.15, 0.2) is 0 Å². The van der Waals surface area contributed by atoms with Crippen LogP contribution in [0, 0.1) is 52.3 Å².